The second-order valence-electron chi connectivity index (χ2n) is 6.00. The zero-order valence-electron chi connectivity index (χ0n) is 14.6. The van der Waals surface area contributed by atoms with Crippen molar-refractivity contribution < 1.29 is 17.6 Å². The number of nitrogens with one attached hydrogen (secondary N) is 1. The van der Waals surface area contributed by atoms with E-state index in [1.54, 1.807) is 6.07 Å². The Labute approximate surface area is 147 Å². The van der Waals surface area contributed by atoms with Crippen LogP contribution < -0.4 is 9.62 Å². The lowest BCUT2D eigenvalue weighted by molar-refractivity contribution is -0.116. The molecule has 0 aromatic heterocycles. The van der Waals surface area contributed by atoms with Gasteiger partial charge in [0.2, 0.25) is 15.9 Å². The van der Waals surface area contributed by atoms with Crippen molar-refractivity contribution >= 4 is 27.3 Å². The summed E-state index contributed by atoms with van der Waals surface area (Å²) in [6, 6.07) is 9.53. The molecule has 25 heavy (non-hydrogen) atoms. The van der Waals surface area contributed by atoms with Gasteiger partial charge in [-0.1, -0.05) is 12.1 Å². The van der Waals surface area contributed by atoms with Crippen molar-refractivity contribution in [3.63, 3.8) is 0 Å². The average Bonchev–Trinajstić information content (AvgIpc) is 2.49. The van der Waals surface area contributed by atoms with Crippen molar-refractivity contribution in [1.82, 2.24) is 0 Å². The van der Waals surface area contributed by atoms with Crippen LogP contribution in [0.3, 0.4) is 0 Å². The summed E-state index contributed by atoms with van der Waals surface area (Å²) >= 11 is 0. The quantitative estimate of drug-likeness (QED) is 0.886. The van der Waals surface area contributed by atoms with Crippen LogP contribution in [0.2, 0.25) is 0 Å². The van der Waals surface area contributed by atoms with Crippen LogP contribution in [0.25, 0.3) is 0 Å². The van der Waals surface area contributed by atoms with E-state index >= 15 is 0 Å². The summed E-state index contributed by atoms with van der Waals surface area (Å²) in [7, 11) is -3.78. The Kier molecular flexibility index (Phi) is 5.47. The zero-order chi connectivity index (χ0) is 18.8. The average molecular weight is 364 g/mol. The molecule has 0 bridgehead atoms. The number of hydrogen-bond donors (Lipinski definition) is 1. The fourth-order valence-electron chi connectivity index (χ4n) is 2.49. The second-order valence-corrected chi connectivity index (χ2v) is 7.86. The molecular formula is C18H21FN2O3S. The van der Waals surface area contributed by atoms with Gasteiger partial charge in [-0.15, -0.1) is 0 Å². The number of amides is 1. The number of anilines is 2. The summed E-state index contributed by atoms with van der Waals surface area (Å²) in [5.74, 6) is -1.08. The van der Waals surface area contributed by atoms with Crippen LogP contribution in [0.1, 0.15) is 18.1 Å². The van der Waals surface area contributed by atoms with Crippen molar-refractivity contribution in [1.29, 1.82) is 0 Å². The Morgan fingerprint density at radius 3 is 2.36 bits per heavy atom. The third-order valence-electron chi connectivity index (χ3n) is 3.93. The molecule has 1 amide bonds. The minimum Gasteiger partial charge on any atom is -0.324 e. The fraction of sp³-hybridized carbons (Fsp3) is 0.278. The molecule has 7 heteroatoms. The molecule has 2 aromatic rings. The van der Waals surface area contributed by atoms with E-state index in [0.717, 1.165) is 27.8 Å². The third kappa shape index (κ3) is 4.57. The lowest BCUT2D eigenvalue weighted by Gasteiger charge is -2.28. The highest BCUT2D eigenvalue weighted by molar-refractivity contribution is 7.92. The molecule has 0 spiro atoms. The number of aryl methyl sites for hydroxylation is 2. The number of carbonyl (C=O) groups is 1. The summed E-state index contributed by atoms with van der Waals surface area (Å²) in [6.45, 7) is 5.34. The van der Waals surface area contributed by atoms with Crippen LogP contribution in [0.4, 0.5) is 15.8 Å². The van der Waals surface area contributed by atoms with E-state index in [9.17, 15) is 17.6 Å². The molecule has 0 saturated heterocycles. The summed E-state index contributed by atoms with van der Waals surface area (Å²) in [6.07, 6.45) is 0.984. The summed E-state index contributed by atoms with van der Waals surface area (Å²) < 4.78 is 38.7. The summed E-state index contributed by atoms with van der Waals surface area (Å²) in [5.41, 5.74) is 2.78. The number of rotatable bonds is 5. The van der Waals surface area contributed by atoms with Gasteiger partial charge in [0.1, 0.15) is 11.9 Å². The lowest BCUT2D eigenvalue weighted by atomic mass is 10.1. The number of halogens is 1. The van der Waals surface area contributed by atoms with Crippen molar-refractivity contribution in [3.05, 3.63) is 59.4 Å². The number of benzene rings is 2. The van der Waals surface area contributed by atoms with E-state index in [1.807, 2.05) is 26.0 Å². The van der Waals surface area contributed by atoms with Crippen molar-refractivity contribution in [3.8, 4) is 0 Å². The van der Waals surface area contributed by atoms with Gasteiger partial charge in [-0.05, 0) is 62.2 Å². The molecule has 0 heterocycles. The highest BCUT2D eigenvalue weighted by Crippen LogP contribution is 2.23. The molecule has 5 nitrogen and oxygen atoms in total. The molecule has 0 radical (unpaired) electrons. The zero-order valence-corrected chi connectivity index (χ0v) is 15.4. The van der Waals surface area contributed by atoms with E-state index in [0.29, 0.717) is 5.69 Å². The molecule has 134 valence electrons. The van der Waals surface area contributed by atoms with Crippen molar-refractivity contribution in [2.75, 3.05) is 15.9 Å². The number of sulfonamides is 1. The Morgan fingerprint density at radius 1 is 1.12 bits per heavy atom. The molecule has 0 unspecified atom stereocenters. The van der Waals surface area contributed by atoms with Crippen LogP contribution in [0.5, 0.6) is 0 Å². The maximum absolute atomic E-state index is 13.5. The number of carbonyl (C=O) groups excluding carboxylic acids is 1. The monoisotopic (exact) mass is 364 g/mol. The van der Waals surface area contributed by atoms with Crippen molar-refractivity contribution in [2.24, 2.45) is 0 Å². The molecule has 0 fully saturated rings. The van der Waals surface area contributed by atoms with Crippen LogP contribution in [-0.4, -0.2) is 26.6 Å². The number of nitrogens with zero attached hydrogens (tertiary/aromatic N) is 1. The van der Waals surface area contributed by atoms with E-state index in [1.165, 1.54) is 25.1 Å². The molecule has 2 rings (SSSR count). The molecule has 0 aliphatic rings. The first-order valence-electron chi connectivity index (χ1n) is 7.72. The first-order valence-corrected chi connectivity index (χ1v) is 9.57. The van der Waals surface area contributed by atoms with Gasteiger partial charge < -0.3 is 5.32 Å². The Morgan fingerprint density at radius 2 is 1.80 bits per heavy atom. The predicted molar refractivity (Wildman–Crippen MR) is 97.7 cm³/mol. The highest BCUT2D eigenvalue weighted by atomic mass is 32.2. The minimum absolute atomic E-state index is 0.102. The van der Waals surface area contributed by atoms with Gasteiger partial charge in [-0.3, -0.25) is 9.10 Å². The minimum atomic E-state index is -3.78. The molecule has 2 aromatic carbocycles. The first kappa shape index (κ1) is 18.9. The second kappa shape index (κ2) is 7.23. The third-order valence-corrected chi connectivity index (χ3v) is 5.17. The summed E-state index contributed by atoms with van der Waals surface area (Å²) in [4.78, 5) is 12.5. The van der Waals surface area contributed by atoms with Gasteiger partial charge in [0, 0.05) is 5.69 Å². The maximum Gasteiger partial charge on any atom is 0.247 e. The standard InChI is InChI=1S/C18H21FN2O3S/c1-12-8-9-16(10-13(12)2)20-18(22)14(3)21(25(4,23)24)17-7-5-6-15(19)11-17/h5-11,14H,1-4H3,(H,20,22)/t14-/m0/s1. The van der Waals surface area contributed by atoms with Crippen molar-refractivity contribution in [2.45, 2.75) is 26.8 Å². The van der Waals surface area contributed by atoms with Crippen LogP contribution in [0.15, 0.2) is 42.5 Å². The van der Waals surface area contributed by atoms with Gasteiger partial charge in [-0.2, -0.15) is 0 Å². The van der Waals surface area contributed by atoms with E-state index in [-0.39, 0.29) is 5.69 Å². The first-order chi connectivity index (χ1) is 11.6. The van der Waals surface area contributed by atoms with Gasteiger partial charge in [0.25, 0.3) is 0 Å². The van der Waals surface area contributed by atoms with Gasteiger partial charge >= 0.3 is 0 Å². The van der Waals surface area contributed by atoms with E-state index in [4.69, 9.17) is 0 Å². The largest absolute Gasteiger partial charge is 0.324 e. The SMILES string of the molecule is Cc1ccc(NC(=O)[C@H](C)N(c2cccc(F)c2)S(C)(=O)=O)cc1C. The van der Waals surface area contributed by atoms with Crippen LogP contribution in [-0.2, 0) is 14.8 Å². The molecule has 0 aliphatic carbocycles. The lowest BCUT2D eigenvalue weighted by Crippen LogP contribution is -2.45. The molecular weight excluding hydrogens is 343 g/mol. The predicted octanol–water partition coefficient (Wildman–Crippen LogP) is 3.24. The molecule has 1 N–H and O–H groups in total. The molecule has 0 aliphatic heterocycles. The summed E-state index contributed by atoms with van der Waals surface area (Å²) in [5, 5.41) is 2.71. The highest BCUT2D eigenvalue weighted by Gasteiger charge is 2.29. The molecule has 0 saturated carbocycles. The smallest absolute Gasteiger partial charge is 0.247 e. The van der Waals surface area contributed by atoms with Gasteiger partial charge in [-0.25, -0.2) is 12.8 Å². The molecule has 1 atom stereocenters. The van der Waals surface area contributed by atoms with Crippen LogP contribution in [0, 0.1) is 19.7 Å². The van der Waals surface area contributed by atoms with Crippen LogP contribution >= 0.6 is 0 Å². The van der Waals surface area contributed by atoms with E-state index in [2.05, 4.69) is 5.32 Å². The fourth-order valence-corrected chi connectivity index (χ4v) is 3.65. The van der Waals surface area contributed by atoms with Gasteiger partial charge in [0.05, 0.1) is 11.9 Å². The Bertz CT molecular complexity index is 897. The van der Waals surface area contributed by atoms with E-state index < -0.39 is 27.8 Å². The number of hydrogen-bond acceptors (Lipinski definition) is 3. The Balaban J connectivity index is 2.31. The maximum atomic E-state index is 13.5. The normalized spacial score (nSPS) is 12.5. The topological polar surface area (TPSA) is 66.5 Å². The van der Waals surface area contributed by atoms with Gasteiger partial charge in [0.15, 0.2) is 0 Å². The Hall–Kier alpha value is -2.41.